The molecule has 3 rings (SSSR count). The first kappa shape index (κ1) is 14.7. The lowest BCUT2D eigenvalue weighted by molar-refractivity contribution is 0.0780. The summed E-state index contributed by atoms with van der Waals surface area (Å²) in [6.45, 7) is 0.517. The molecule has 114 valence electrons. The molecule has 0 N–H and O–H groups in total. The summed E-state index contributed by atoms with van der Waals surface area (Å²) in [5.74, 6) is 0.301. The highest BCUT2D eigenvalue weighted by Crippen LogP contribution is 2.32. The van der Waals surface area contributed by atoms with Crippen molar-refractivity contribution in [3.63, 3.8) is 0 Å². The molecule has 1 amide bonds. The summed E-state index contributed by atoms with van der Waals surface area (Å²) in [5.41, 5.74) is 0.818. The highest BCUT2D eigenvalue weighted by Gasteiger charge is 2.18. The first-order valence-corrected chi connectivity index (χ1v) is 7.01. The van der Waals surface area contributed by atoms with Crippen LogP contribution in [0.3, 0.4) is 0 Å². The minimum Gasteiger partial charge on any atom is -0.454 e. The first-order chi connectivity index (χ1) is 10.5. The van der Waals surface area contributed by atoms with Gasteiger partial charge in [0.05, 0.1) is 5.56 Å². The third-order valence-corrected chi connectivity index (χ3v) is 3.60. The van der Waals surface area contributed by atoms with Gasteiger partial charge in [-0.1, -0.05) is 17.7 Å². The maximum Gasteiger partial charge on any atom is 0.256 e. The predicted octanol–water partition coefficient (Wildman–Crippen LogP) is 3.48. The van der Waals surface area contributed by atoms with E-state index in [0.29, 0.717) is 23.1 Å². The summed E-state index contributed by atoms with van der Waals surface area (Å²) in [5, 5.41) is 0.321. The number of hydrogen-bond donors (Lipinski definition) is 0. The van der Waals surface area contributed by atoms with Gasteiger partial charge in [-0.25, -0.2) is 4.39 Å². The largest absolute Gasteiger partial charge is 0.454 e. The molecule has 0 fully saturated rings. The van der Waals surface area contributed by atoms with Crippen molar-refractivity contribution in [3.8, 4) is 11.5 Å². The van der Waals surface area contributed by atoms with Gasteiger partial charge in [0.25, 0.3) is 5.91 Å². The molecule has 6 heteroatoms. The minimum atomic E-state index is -0.591. The summed E-state index contributed by atoms with van der Waals surface area (Å²) in [4.78, 5) is 13.8. The number of nitrogens with zero attached hydrogens (tertiary/aromatic N) is 1. The van der Waals surface area contributed by atoms with E-state index in [4.69, 9.17) is 21.1 Å². The molecule has 0 spiro atoms. The highest BCUT2D eigenvalue weighted by atomic mass is 35.5. The maximum atomic E-state index is 13.8. The first-order valence-electron chi connectivity index (χ1n) is 6.63. The quantitative estimate of drug-likeness (QED) is 0.868. The molecule has 1 heterocycles. The lowest BCUT2D eigenvalue weighted by atomic mass is 10.1. The van der Waals surface area contributed by atoms with Crippen molar-refractivity contribution in [2.75, 3.05) is 13.8 Å². The van der Waals surface area contributed by atoms with E-state index in [1.807, 2.05) is 6.07 Å². The summed E-state index contributed by atoms with van der Waals surface area (Å²) in [6.07, 6.45) is 0. The second kappa shape index (κ2) is 5.85. The zero-order chi connectivity index (χ0) is 15.7. The molecule has 0 saturated heterocycles. The van der Waals surface area contributed by atoms with Gasteiger partial charge < -0.3 is 14.4 Å². The molecule has 4 nitrogen and oxygen atoms in total. The molecular weight excluding hydrogens is 309 g/mol. The van der Waals surface area contributed by atoms with Gasteiger partial charge in [-0.05, 0) is 35.9 Å². The maximum absolute atomic E-state index is 13.8. The number of halogens is 2. The average molecular weight is 322 g/mol. The fourth-order valence-corrected chi connectivity index (χ4v) is 2.42. The Morgan fingerprint density at radius 1 is 1.23 bits per heavy atom. The molecule has 2 aromatic carbocycles. The van der Waals surface area contributed by atoms with Gasteiger partial charge in [0.1, 0.15) is 5.82 Å². The van der Waals surface area contributed by atoms with Crippen LogP contribution in [0.1, 0.15) is 15.9 Å². The smallest absolute Gasteiger partial charge is 0.256 e. The third kappa shape index (κ3) is 2.85. The van der Waals surface area contributed by atoms with Crippen molar-refractivity contribution in [2.24, 2.45) is 0 Å². The summed E-state index contributed by atoms with van der Waals surface area (Å²) in [7, 11) is 1.60. The van der Waals surface area contributed by atoms with Crippen LogP contribution in [0.15, 0.2) is 36.4 Å². The van der Waals surface area contributed by atoms with Gasteiger partial charge >= 0.3 is 0 Å². The minimum absolute atomic E-state index is 0.0456. The van der Waals surface area contributed by atoms with Crippen LogP contribution in [0.4, 0.5) is 4.39 Å². The van der Waals surface area contributed by atoms with Crippen LogP contribution in [0.2, 0.25) is 5.02 Å². The van der Waals surface area contributed by atoms with Crippen molar-refractivity contribution in [1.29, 1.82) is 0 Å². The molecule has 0 radical (unpaired) electrons. The van der Waals surface area contributed by atoms with Gasteiger partial charge in [-0.3, -0.25) is 4.79 Å². The van der Waals surface area contributed by atoms with Gasteiger partial charge in [0.2, 0.25) is 6.79 Å². The Bertz CT molecular complexity index is 735. The molecule has 0 bridgehead atoms. The van der Waals surface area contributed by atoms with Crippen LogP contribution in [0.25, 0.3) is 0 Å². The van der Waals surface area contributed by atoms with E-state index in [-0.39, 0.29) is 12.4 Å². The summed E-state index contributed by atoms with van der Waals surface area (Å²) in [6, 6.07) is 9.35. The number of carbonyl (C=O) groups excluding carboxylic acids is 1. The van der Waals surface area contributed by atoms with Crippen molar-refractivity contribution >= 4 is 17.5 Å². The molecule has 22 heavy (non-hydrogen) atoms. The van der Waals surface area contributed by atoms with Crippen LogP contribution in [-0.4, -0.2) is 24.6 Å². The molecular formula is C16H13ClFNO3. The lowest BCUT2D eigenvalue weighted by Gasteiger charge is -2.18. The zero-order valence-electron chi connectivity index (χ0n) is 11.8. The number of amides is 1. The average Bonchev–Trinajstić information content (AvgIpc) is 2.96. The zero-order valence-corrected chi connectivity index (χ0v) is 12.6. The number of ether oxygens (including phenoxy) is 2. The number of benzene rings is 2. The van der Waals surface area contributed by atoms with Crippen LogP contribution in [0.5, 0.6) is 11.5 Å². The Balaban J connectivity index is 1.77. The molecule has 0 aliphatic carbocycles. The van der Waals surface area contributed by atoms with Crippen LogP contribution < -0.4 is 9.47 Å². The molecule has 0 aromatic heterocycles. The van der Waals surface area contributed by atoms with E-state index in [2.05, 4.69) is 0 Å². The molecule has 0 unspecified atom stereocenters. The van der Waals surface area contributed by atoms with E-state index in [9.17, 15) is 9.18 Å². The van der Waals surface area contributed by atoms with Crippen LogP contribution >= 0.6 is 11.6 Å². The standard InChI is InChI=1S/C16H13ClFNO3/c1-19(16(20)12-7-11(17)3-4-13(12)18)8-10-2-5-14-15(6-10)22-9-21-14/h2-7H,8-9H2,1H3. The highest BCUT2D eigenvalue weighted by molar-refractivity contribution is 6.30. The monoisotopic (exact) mass is 321 g/mol. The van der Waals surface area contributed by atoms with Gasteiger partial charge in [-0.15, -0.1) is 0 Å². The van der Waals surface area contributed by atoms with E-state index >= 15 is 0 Å². The Kier molecular flexibility index (Phi) is 3.90. The van der Waals surface area contributed by atoms with Crippen molar-refractivity contribution < 1.29 is 18.7 Å². The van der Waals surface area contributed by atoms with Crippen LogP contribution in [0, 0.1) is 5.82 Å². The Morgan fingerprint density at radius 2 is 2.00 bits per heavy atom. The third-order valence-electron chi connectivity index (χ3n) is 3.36. The SMILES string of the molecule is CN(Cc1ccc2c(c1)OCO2)C(=O)c1cc(Cl)ccc1F. The number of hydrogen-bond acceptors (Lipinski definition) is 3. The number of rotatable bonds is 3. The topological polar surface area (TPSA) is 38.8 Å². The summed E-state index contributed by atoms with van der Waals surface area (Å²) >= 11 is 5.82. The van der Waals surface area contributed by atoms with Gasteiger partial charge in [0, 0.05) is 18.6 Å². The van der Waals surface area contributed by atoms with E-state index in [1.54, 1.807) is 19.2 Å². The second-order valence-electron chi connectivity index (χ2n) is 4.97. The predicted molar refractivity (Wildman–Crippen MR) is 79.8 cm³/mol. The molecule has 2 aromatic rings. The number of carbonyl (C=O) groups is 1. The van der Waals surface area contributed by atoms with E-state index in [0.717, 1.165) is 5.56 Å². The Labute approximate surface area is 132 Å². The summed E-state index contributed by atoms with van der Waals surface area (Å²) < 4.78 is 24.3. The normalized spacial score (nSPS) is 12.3. The fourth-order valence-electron chi connectivity index (χ4n) is 2.25. The molecule has 0 atom stereocenters. The molecule has 1 aliphatic heterocycles. The van der Waals surface area contributed by atoms with Crippen molar-refractivity contribution in [2.45, 2.75) is 6.54 Å². The lowest BCUT2D eigenvalue weighted by Crippen LogP contribution is -2.27. The Morgan fingerprint density at radius 3 is 2.82 bits per heavy atom. The van der Waals surface area contributed by atoms with E-state index < -0.39 is 11.7 Å². The second-order valence-corrected chi connectivity index (χ2v) is 5.41. The molecule has 0 saturated carbocycles. The van der Waals surface area contributed by atoms with Crippen molar-refractivity contribution in [1.82, 2.24) is 4.90 Å². The molecule has 1 aliphatic rings. The van der Waals surface area contributed by atoms with E-state index in [1.165, 1.54) is 23.1 Å². The van der Waals surface area contributed by atoms with Gasteiger partial charge in [-0.2, -0.15) is 0 Å². The van der Waals surface area contributed by atoms with Crippen LogP contribution in [-0.2, 0) is 6.54 Å². The number of fused-ring (bicyclic) bond motifs is 1. The van der Waals surface area contributed by atoms with Crippen molar-refractivity contribution in [3.05, 3.63) is 58.4 Å². The van der Waals surface area contributed by atoms with Gasteiger partial charge in [0.15, 0.2) is 11.5 Å². The Hall–Kier alpha value is -2.27. The fraction of sp³-hybridized carbons (Fsp3) is 0.188.